The molecule has 21 heavy (non-hydrogen) atoms. The summed E-state index contributed by atoms with van der Waals surface area (Å²) in [5.74, 6) is -0.0323. The Balaban J connectivity index is 2.32. The molecule has 3 N–H and O–H groups in total. The lowest BCUT2D eigenvalue weighted by Crippen LogP contribution is -2.46. The summed E-state index contributed by atoms with van der Waals surface area (Å²) < 4.78 is 0. The van der Waals surface area contributed by atoms with Gasteiger partial charge in [0.2, 0.25) is 11.8 Å². The summed E-state index contributed by atoms with van der Waals surface area (Å²) in [4.78, 5) is 25.9. The van der Waals surface area contributed by atoms with Gasteiger partial charge in [0.05, 0.1) is 0 Å². The molecule has 1 aliphatic heterocycles. The fourth-order valence-electron chi connectivity index (χ4n) is 2.61. The van der Waals surface area contributed by atoms with Crippen molar-refractivity contribution in [2.45, 2.75) is 57.4 Å². The van der Waals surface area contributed by atoms with Gasteiger partial charge in [-0.05, 0) is 38.5 Å². The predicted octanol–water partition coefficient (Wildman–Crippen LogP) is 0.419. The second-order valence-electron chi connectivity index (χ2n) is 5.50. The molecule has 6 nitrogen and oxygen atoms in total. The molecule has 6 heteroatoms. The Kier molecular flexibility index (Phi) is 9.01. The Hall–Kier alpha value is -1.14. The lowest BCUT2D eigenvalue weighted by molar-refractivity contribution is -0.138. The van der Waals surface area contributed by atoms with Crippen LogP contribution in [-0.4, -0.2) is 59.3 Å². The van der Waals surface area contributed by atoms with E-state index in [1.165, 1.54) is 0 Å². The van der Waals surface area contributed by atoms with Crippen molar-refractivity contribution in [1.82, 2.24) is 10.2 Å². The van der Waals surface area contributed by atoms with Crippen LogP contribution in [0.4, 0.5) is 0 Å². The number of rotatable bonds is 10. The normalized spacial score (nSPS) is 18.0. The van der Waals surface area contributed by atoms with Crippen LogP contribution in [0.15, 0.2) is 0 Å². The first-order valence-corrected chi connectivity index (χ1v) is 7.99. The molecule has 0 aromatic rings. The lowest BCUT2D eigenvalue weighted by Gasteiger charge is -2.24. The standard InChI is InChI=1S/C15H28N2O4/c18-11-4-1-2-8-14(20)17-10-6-7-13(17)15(21)16-9-3-5-12-19/h13,18-19H,1-12H2,(H,16,21). The van der Waals surface area contributed by atoms with Gasteiger partial charge in [-0.1, -0.05) is 6.42 Å². The number of amides is 2. The minimum Gasteiger partial charge on any atom is -0.396 e. The van der Waals surface area contributed by atoms with Crippen molar-refractivity contribution in [3.63, 3.8) is 0 Å². The maximum atomic E-state index is 12.1. The molecule has 0 bridgehead atoms. The summed E-state index contributed by atoms with van der Waals surface area (Å²) in [6.07, 6.45) is 5.82. The van der Waals surface area contributed by atoms with E-state index in [-0.39, 0.29) is 31.1 Å². The number of aliphatic hydroxyl groups excluding tert-OH is 2. The van der Waals surface area contributed by atoms with Gasteiger partial charge in [-0.3, -0.25) is 9.59 Å². The highest BCUT2D eigenvalue weighted by molar-refractivity contribution is 5.88. The van der Waals surface area contributed by atoms with Crippen molar-refractivity contribution in [2.75, 3.05) is 26.3 Å². The number of carbonyl (C=O) groups is 2. The van der Waals surface area contributed by atoms with Gasteiger partial charge in [-0.25, -0.2) is 0 Å². The zero-order valence-corrected chi connectivity index (χ0v) is 12.7. The molecule has 0 saturated carbocycles. The van der Waals surface area contributed by atoms with Gasteiger partial charge in [0.25, 0.3) is 0 Å². The van der Waals surface area contributed by atoms with Gasteiger partial charge in [0.1, 0.15) is 6.04 Å². The van der Waals surface area contributed by atoms with Gasteiger partial charge < -0.3 is 20.4 Å². The van der Waals surface area contributed by atoms with Crippen LogP contribution in [0.2, 0.25) is 0 Å². The number of carbonyl (C=O) groups excluding carboxylic acids is 2. The van der Waals surface area contributed by atoms with Gasteiger partial charge in [0.15, 0.2) is 0 Å². The molecule has 0 spiro atoms. The molecule has 1 rings (SSSR count). The van der Waals surface area contributed by atoms with Crippen LogP contribution < -0.4 is 5.32 Å². The van der Waals surface area contributed by atoms with Crippen LogP contribution in [0.1, 0.15) is 51.4 Å². The summed E-state index contributed by atoms with van der Waals surface area (Å²) >= 11 is 0. The highest BCUT2D eigenvalue weighted by Crippen LogP contribution is 2.19. The third kappa shape index (κ3) is 6.44. The lowest BCUT2D eigenvalue weighted by atomic mass is 10.1. The first-order valence-electron chi connectivity index (χ1n) is 7.99. The Labute approximate surface area is 126 Å². The highest BCUT2D eigenvalue weighted by atomic mass is 16.3. The number of hydrogen-bond donors (Lipinski definition) is 3. The van der Waals surface area contributed by atoms with E-state index in [0.29, 0.717) is 25.9 Å². The summed E-state index contributed by atoms with van der Waals surface area (Å²) in [6.45, 7) is 1.51. The second kappa shape index (κ2) is 10.6. The van der Waals surface area contributed by atoms with Gasteiger partial charge in [-0.2, -0.15) is 0 Å². The van der Waals surface area contributed by atoms with E-state index >= 15 is 0 Å². The van der Waals surface area contributed by atoms with E-state index in [4.69, 9.17) is 10.2 Å². The molecule has 0 aliphatic carbocycles. The van der Waals surface area contributed by atoms with E-state index in [1.54, 1.807) is 4.90 Å². The van der Waals surface area contributed by atoms with Crippen molar-refractivity contribution in [3.05, 3.63) is 0 Å². The number of aliphatic hydroxyl groups is 2. The Bertz CT molecular complexity index is 293. The SMILES string of the molecule is O=C(NCCCCO)C1CCCN1C(=O)CCCCCO. The van der Waals surface area contributed by atoms with Crippen molar-refractivity contribution in [2.24, 2.45) is 0 Å². The third-order valence-corrected chi connectivity index (χ3v) is 3.81. The number of nitrogens with zero attached hydrogens (tertiary/aromatic N) is 1. The predicted molar refractivity (Wildman–Crippen MR) is 79.6 cm³/mol. The van der Waals surface area contributed by atoms with Crippen LogP contribution >= 0.6 is 0 Å². The molecule has 2 amide bonds. The van der Waals surface area contributed by atoms with Crippen molar-refractivity contribution < 1.29 is 19.8 Å². The van der Waals surface area contributed by atoms with Crippen LogP contribution in [-0.2, 0) is 9.59 Å². The van der Waals surface area contributed by atoms with E-state index in [2.05, 4.69) is 5.32 Å². The molecule has 1 fully saturated rings. The maximum Gasteiger partial charge on any atom is 0.242 e. The molecule has 1 atom stereocenters. The zero-order chi connectivity index (χ0) is 15.5. The minimum absolute atomic E-state index is 0.0425. The second-order valence-corrected chi connectivity index (χ2v) is 5.50. The largest absolute Gasteiger partial charge is 0.396 e. The summed E-state index contributed by atoms with van der Waals surface area (Å²) in [5.41, 5.74) is 0. The fraction of sp³-hybridized carbons (Fsp3) is 0.867. The Morgan fingerprint density at radius 2 is 1.76 bits per heavy atom. The zero-order valence-electron chi connectivity index (χ0n) is 12.7. The molecular weight excluding hydrogens is 272 g/mol. The molecule has 122 valence electrons. The molecule has 0 aromatic carbocycles. The Morgan fingerprint density at radius 3 is 2.48 bits per heavy atom. The van der Waals surface area contributed by atoms with Gasteiger partial charge in [-0.15, -0.1) is 0 Å². The van der Waals surface area contributed by atoms with E-state index < -0.39 is 0 Å². The van der Waals surface area contributed by atoms with Crippen LogP contribution in [0.25, 0.3) is 0 Å². The quantitative estimate of drug-likeness (QED) is 0.510. The summed E-state index contributed by atoms with van der Waals surface area (Å²) in [5, 5.41) is 20.3. The van der Waals surface area contributed by atoms with Crippen molar-refractivity contribution in [1.29, 1.82) is 0 Å². The van der Waals surface area contributed by atoms with Crippen LogP contribution in [0.5, 0.6) is 0 Å². The first kappa shape index (κ1) is 17.9. The van der Waals surface area contributed by atoms with Gasteiger partial charge in [0, 0.05) is 32.7 Å². The van der Waals surface area contributed by atoms with E-state index in [1.807, 2.05) is 0 Å². The van der Waals surface area contributed by atoms with Crippen molar-refractivity contribution >= 4 is 11.8 Å². The number of nitrogens with one attached hydrogen (secondary N) is 1. The molecular formula is C15H28N2O4. The van der Waals surface area contributed by atoms with Crippen LogP contribution in [0.3, 0.4) is 0 Å². The minimum atomic E-state index is -0.329. The number of likely N-dealkylation sites (tertiary alicyclic amines) is 1. The Morgan fingerprint density at radius 1 is 1.05 bits per heavy atom. The molecule has 0 aromatic heterocycles. The smallest absolute Gasteiger partial charge is 0.242 e. The molecule has 1 heterocycles. The average Bonchev–Trinajstić information content (AvgIpc) is 2.97. The first-order chi connectivity index (χ1) is 10.2. The maximum absolute atomic E-state index is 12.1. The molecule has 1 aliphatic rings. The van der Waals surface area contributed by atoms with E-state index in [9.17, 15) is 9.59 Å². The molecule has 1 unspecified atom stereocenters. The topological polar surface area (TPSA) is 89.9 Å². The average molecular weight is 300 g/mol. The summed E-state index contributed by atoms with van der Waals surface area (Å²) in [6, 6.07) is -0.329. The molecule has 1 saturated heterocycles. The fourth-order valence-corrected chi connectivity index (χ4v) is 2.61. The number of unbranched alkanes of at least 4 members (excludes halogenated alkanes) is 3. The van der Waals surface area contributed by atoms with Crippen molar-refractivity contribution in [3.8, 4) is 0 Å². The van der Waals surface area contributed by atoms with E-state index in [0.717, 1.165) is 38.5 Å². The van der Waals surface area contributed by atoms with Gasteiger partial charge >= 0.3 is 0 Å². The number of hydrogen-bond acceptors (Lipinski definition) is 4. The highest BCUT2D eigenvalue weighted by Gasteiger charge is 2.33. The third-order valence-electron chi connectivity index (χ3n) is 3.81. The summed E-state index contributed by atoms with van der Waals surface area (Å²) in [7, 11) is 0. The molecule has 0 radical (unpaired) electrons. The van der Waals surface area contributed by atoms with Crippen LogP contribution in [0, 0.1) is 0 Å². The monoisotopic (exact) mass is 300 g/mol.